The van der Waals surface area contributed by atoms with Crippen LogP contribution in [-0.4, -0.2) is 47.4 Å². The van der Waals surface area contributed by atoms with E-state index in [0.29, 0.717) is 36.8 Å². The molecule has 1 aromatic heterocycles. The average molecular weight is 469 g/mol. The molecule has 2 heterocycles. The van der Waals surface area contributed by atoms with Gasteiger partial charge in [0.1, 0.15) is 0 Å². The summed E-state index contributed by atoms with van der Waals surface area (Å²) >= 11 is 1.33. The first kappa shape index (κ1) is 22.6. The van der Waals surface area contributed by atoms with Crippen molar-refractivity contribution in [2.75, 3.05) is 36.6 Å². The van der Waals surface area contributed by atoms with Crippen molar-refractivity contribution in [2.45, 2.75) is 16.7 Å². The zero-order valence-corrected chi connectivity index (χ0v) is 18.6. The molecule has 9 nitrogen and oxygen atoms in total. The van der Waals surface area contributed by atoms with E-state index in [-0.39, 0.29) is 17.5 Å². The first-order valence-corrected chi connectivity index (χ1v) is 11.0. The minimum atomic E-state index is -0.524. The predicted molar refractivity (Wildman–Crippen MR) is 125 cm³/mol. The molecule has 1 aliphatic rings. The molecular weight excluding hydrogens is 447 g/mol. The van der Waals surface area contributed by atoms with Crippen molar-refractivity contribution >= 4 is 35.4 Å². The molecule has 4 rings (SSSR count). The highest BCUT2D eigenvalue weighted by molar-refractivity contribution is 7.99. The minimum Gasteiger partial charge on any atom is -0.378 e. The van der Waals surface area contributed by atoms with E-state index in [1.54, 1.807) is 17.0 Å². The third kappa shape index (κ3) is 5.82. The van der Waals surface area contributed by atoms with Crippen LogP contribution >= 0.6 is 11.8 Å². The van der Waals surface area contributed by atoms with Crippen LogP contribution in [0.3, 0.4) is 0 Å². The summed E-state index contributed by atoms with van der Waals surface area (Å²) in [6.07, 6.45) is 2.51. The topological polar surface area (TPSA) is 106 Å². The zero-order chi connectivity index (χ0) is 23.2. The Hall–Kier alpha value is -3.57. The molecule has 11 heteroatoms. The molecule has 0 bridgehead atoms. The van der Waals surface area contributed by atoms with E-state index in [2.05, 4.69) is 20.5 Å². The van der Waals surface area contributed by atoms with Crippen molar-refractivity contribution in [1.82, 2.24) is 9.97 Å². The van der Waals surface area contributed by atoms with Gasteiger partial charge in [0.15, 0.2) is 11.6 Å². The third-order valence-electron chi connectivity index (χ3n) is 4.84. The highest BCUT2D eigenvalue weighted by atomic mass is 32.2. The van der Waals surface area contributed by atoms with Gasteiger partial charge in [-0.15, -0.1) is 0 Å². The summed E-state index contributed by atoms with van der Waals surface area (Å²) in [6.45, 7) is 4.06. The van der Waals surface area contributed by atoms with Crippen LogP contribution in [0.2, 0.25) is 0 Å². The fraction of sp³-hybridized carbons (Fsp3) is 0.227. The number of nitrogens with zero attached hydrogens (tertiary/aromatic N) is 5. The standard InChI is InChI=1S/C22H21FN6O3S/c1-15-2-5-17(6-3-15)33-20-7-4-16(12-19(20)29(30)31)13-25-27-22-24-14-18(23)21(26-22)28-8-10-32-11-9-28/h2-7,12-14H,8-11H2,1H3,(H,24,26,27)/b25-13+. The average Bonchev–Trinajstić information content (AvgIpc) is 2.83. The SMILES string of the molecule is Cc1ccc(Sc2ccc(/C=N/Nc3ncc(F)c(N4CCOCC4)n3)cc2[N+](=O)[O-])cc1. The summed E-state index contributed by atoms with van der Waals surface area (Å²) in [5.41, 5.74) is 4.29. The van der Waals surface area contributed by atoms with E-state index >= 15 is 0 Å². The number of nitro benzene ring substituents is 1. The number of hydrazone groups is 1. The maximum Gasteiger partial charge on any atom is 0.283 e. The fourth-order valence-electron chi connectivity index (χ4n) is 3.15. The van der Waals surface area contributed by atoms with Gasteiger partial charge in [-0.3, -0.25) is 10.1 Å². The van der Waals surface area contributed by atoms with Gasteiger partial charge in [0.25, 0.3) is 5.69 Å². The second kappa shape index (κ2) is 10.4. The summed E-state index contributed by atoms with van der Waals surface area (Å²) in [5, 5.41) is 15.7. The second-order valence-corrected chi connectivity index (χ2v) is 8.35. The van der Waals surface area contributed by atoms with Crippen LogP contribution in [0.5, 0.6) is 0 Å². The largest absolute Gasteiger partial charge is 0.378 e. The molecule has 3 aromatic rings. The number of morpholine rings is 1. The smallest absolute Gasteiger partial charge is 0.283 e. The lowest BCUT2D eigenvalue weighted by molar-refractivity contribution is -0.387. The summed E-state index contributed by atoms with van der Waals surface area (Å²) in [4.78, 5) is 22.5. The number of aromatic nitrogens is 2. The second-order valence-electron chi connectivity index (χ2n) is 7.23. The van der Waals surface area contributed by atoms with E-state index in [1.165, 1.54) is 24.0 Å². The number of ether oxygens (including phenoxy) is 1. The summed E-state index contributed by atoms with van der Waals surface area (Å²) < 4.78 is 19.4. The van der Waals surface area contributed by atoms with E-state index in [4.69, 9.17) is 4.74 Å². The van der Waals surface area contributed by atoms with Crippen molar-refractivity contribution in [3.63, 3.8) is 0 Å². The normalized spacial score (nSPS) is 13.9. The molecule has 0 aliphatic carbocycles. The van der Waals surface area contributed by atoms with Gasteiger partial charge in [0.05, 0.1) is 35.4 Å². The Kier molecular flexibility index (Phi) is 7.10. The van der Waals surface area contributed by atoms with Crippen LogP contribution in [0.25, 0.3) is 0 Å². The van der Waals surface area contributed by atoms with Crippen LogP contribution in [0, 0.1) is 22.9 Å². The number of nitro groups is 1. The van der Waals surface area contributed by atoms with Crippen LogP contribution in [0.1, 0.15) is 11.1 Å². The lowest BCUT2D eigenvalue weighted by atomic mass is 10.2. The molecule has 0 spiro atoms. The molecule has 1 aliphatic heterocycles. The molecule has 0 saturated carbocycles. The van der Waals surface area contributed by atoms with Gasteiger partial charge in [-0.25, -0.2) is 14.8 Å². The maximum absolute atomic E-state index is 14.1. The van der Waals surface area contributed by atoms with Gasteiger partial charge in [-0.2, -0.15) is 10.1 Å². The molecule has 1 saturated heterocycles. The number of aryl methyl sites for hydroxylation is 1. The van der Waals surface area contributed by atoms with Crippen LogP contribution in [0.15, 0.2) is 63.6 Å². The van der Waals surface area contributed by atoms with Gasteiger partial charge >= 0.3 is 0 Å². The lowest BCUT2D eigenvalue weighted by Gasteiger charge is -2.27. The molecule has 0 unspecified atom stereocenters. The van der Waals surface area contributed by atoms with Crippen LogP contribution in [-0.2, 0) is 4.74 Å². The van der Waals surface area contributed by atoms with E-state index in [1.807, 2.05) is 31.2 Å². The summed E-state index contributed by atoms with van der Waals surface area (Å²) in [6, 6.07) is 12.7. The highest BCUT2D eigenvalue weighted by Gasteiger charge is 2.18. The Morgan fingerprint density at radius 1 is 1.24 bits per heavy atom. The molecule has 1 N–H and O–H groups in total. The number of nitrogens with one attached hydrogen (secondary N) is 1. The lowest BCUT2D eigenvalue weighted by Crippen LogP contribution is -2.37. The van der Waals surface area contributed by atoms with Gasteiger partial charge in [0.2, 0.25) is 5.95 Å². The Morgan fingerprint density at radius 3 is 2.73 bits per heavy atom. The molecule has 33 heavy (non-hydrogen) atoms. The molecular formula is C22H21FN6O3S. The van der Waals surface area contributed by atoms with Gasteiger partial charge in [0, 0.05) is 29.6 Å². The maximum atomic E-state index is 14.1. The van der Waals surface area contributed by atoms with Gasteiger partial charge in [-0.1, -0.05) is 35.5 Å². The van der Waals surface area contributed by atoms with Crippen molar-refractivity contribution in [2.24, 2.45) is 5.10 Å². The summed E-state index contributed by atoms with van der Waals surface area (Å²) in [5.74, 6) is -0.224. The van der Waals surface area contributed by atoms with Crippen LogP contribution < -0.4 is 10.3 Å². The number of hydrogen-bond acceptors (Lipinski definition) is 9. The zero-order valence-electron chi connectivity index (χ0n) is 17.8. The molecule has 0 radical (unpaired) electrons. The number of hydrogen-bond donors (Lipinski definition) is 1. The van der Waals surface area contributed by atoms with Crippen LogP contribution in [0.4, 0.5) is 21.8 Å². The quantitative estimate of drug-likeness (QED) is 0.311. The first-order valence-electron chi connectivity index (χ1n) is 10.2. The fourth-order valence-corrected chi connectivity index (χ4v) is 4.05. The number of benzene rings is 2. The Bertz CT molecular complexity index is 1170. The van der Waals surface area contributed by atoms with Crippen molar-refractivity contribution in [3.8, 4) is 0 Å². The van der Waals surface area contributed by atoms with Crippen molar-refractivity contribution < 1.29 is 14.1 Å². The van der Waals surface area contributed by atoms with E-state index in [9.17, 15) is 14.5 Å². The number of rotatable bonds is 7. The Labute approximate surface area is 193 Å². The molecule has 170 valence electrons. The minimum absolute atomic E-state index is 0.0165. The Morgan fingerprint density at radius 2 is 2.00 bits per heavy atom. The highest BCUT2D eigenvalue weighted by Crippen LogP contribution is 2.35. The predicted octanol–water partition coefficient (Wildman–Crippen LogP) is 4.27. The first-order chi connectivity index (χ1) is 16.0. The van der Waals surface area contributed by atoms with Gasteiger partial charge < -0.3 is 9.64 Å². The van der Waals surface area contributed by atoms with E-state index < -0.39 is 10.7 Å². The van der Waals surface area contributed by atoms with Crippen molar-refractivity contribution in [3.05, 3.63) is 75.7 Å². The number of halogens is 1. The monoisotopic (exact) mass is 468 g/mol. The Balaban J connectivity index is 1.47. The van der Waals surface area contributed by atoms with Gasteiger partial charge in [-0.05, 0) is 25.1 Å². The molecule has 0 atom stereocenters. The molecule has 0 amide bonds. The van der Waals surface area contributed by atoms with Crippen molar-refractivity contribution in [1.29, 1.82) is 0 Å². The number of anilines is 2. The molecule has 2 aromatic carbocycles. The third-order valence-corrected chi connectivity index (χ3v) is 5.92. The van der Waals surface area contributed by atoms with E-state index in [0.717, 1.165) is 16.7 Å². The molecule has 1 fully saturated rings. The summed E-state index contributed by atoms with van der Waals surface area (Å²) in [7, 11) is 0.